The Hall–Kier alpha value is -3.25. The molecule has 6 heteroatoms. The van der Waals surface area contributed by atoms with Gasteiger partial charge in [-0.3, -0.25) is 9.36 Å². The number of aryl methyl sites for hydroxylation is 2. The zero-order valence-corrected chi connectivity index (χ0v) is 18.8. The van der Waals surface area contributed by atoms with Crippen molar-refractivity contribution in [2.75, 3.05) is 14.2 Å². The van der Waals surface area contributed by atoms with E-state index >= 15 is 0 Å². The number of aromatic nitrogens is 2. The number of thioether (sulfide) groups is 1. The van der Waals surface area contributed by atoms with Gasteiger partial charge in [-0.2, -0.15) is 0 Å². The number of benzene rings is 3. The van der Waals surface area contributed by atoms with Crippen molar-refractivity contribution < 1.29 is 9.47 Å². The van der Waals surface area contributed by atoms with Gasteiger partial charge < -0.3 is 9.47 Å². The second-order valence-corrected chi connectivity index (χ2v) is 8.28. The van der Waals surface area contributed by atoms with Crippen LogP contribution in [0.5, 0.6) is 11.5 Å². The molecule has 0 unspecified atom stereocenters. The number of ether oxygens (including phenoxy) is 2. The number of hydrogen-bond acceptors (Lipinski definition) is 5. The summed E-state index contributed by atoms with van der Waals surface area (Å²) in [5, 5.41) is 1.19. The minimum Gasteiger partial charge on any atom is -0.497 e. The van der Waals surface area contributed by atoms with E-state index in [1.165, 1.54) is 16.7 Å². The maximum atomic E-state index is 13.5. The van der Waals surface area contributed by atoms with Crippen LogP contribution in [0.4, 0.5) is 0 Å². The largest absolute Gasteiger partial charge is 0.497 e. The molecule has 4 aromatic rings. The second-order valence-electron chi connectivity index (χ2n) is 7.34. The molecule has 0 aliphatic rings. The fourth-order valence-corrected chi connectivity index (χ4v) is 4.53. The zero-order valence-electron chi connectivity index (χ0n) is 18.0. The zero-order chi connectivity index (χ0) is 22.0. The quantitative estimate of drug-likeness (QED) is 0.305. The van der Waals surface area contributed by atoms with Gasteiger partial charge in [0.25, 0.3) is 5.56 Å². The van der Waals surface area contributed by atoms with E-state index in [0.717, 1.165) is 0 Å². The third-order valence-electron chi connectivity index (χ3n) is 5.20. The van der Waals surface area contributed by atoms with Crippen molar-refractivity contribution in [1.82, 2.24) is 9.55 Å². The highest BCUT2D eigenvalue weighted by Gasteiger charge is 2.16. The summed E-state index contributed by atoms with van der Waals surface area (Å²) < 4.78 is 12.5. The standard InChI is InChI=1S/C25H24N2O3S/c1-16-9-10-17(2)18(11-16)15-31-25-26-23-8-6-5-7-22(23)24(28)27(25)19-12-20(29-3)14-21(13-19)30-4/h5-14H,15H2,1-4H3. The SMILES string of the molecule is COc1cc(OC)cc(-n2c(SCc3cc(C)ccc3C)nc3ccccc3c2=O)c1. The first-order valence-corrected chi connectivity index (χ1v) is 10.9. The van der Waals surface area contributed by atoms with Crippen molar-refractivity contribution in [2.24, 2.45) is 0 Å². The molecular formula is C25H24N2O3S. The van der Waals surface area contributed by atoms with Crippen molar-refractivity contribution in [3.8, 4) is 17.2 Å². The molecule has 0 N–H and O–H groups in total. The monoisotopic (exact) mass is 432 g/mol. The number of para-hydroxylation sites is 1. The van der Waals surface area contributed by atoms with E-state index in [9.17, 15) is 4.79 Å². The van der Waals surface area contributed by atoms with Crippen molar-refractivity contribution in [3.05, 3.63) is 87.7 Å². The van der Waals surface area contributed by atoms with E-state index in [1.54, 1.807) is 42.7 Å². The maximum Gasteiger partial charge on any atom is 0.266 e. The number of fused-ring (bicyclic) bond motifs is 1. The van der Waals surface area contributed by atoms with Crippen LogP contribution in [0.25, 0.3) is 16.6 Å². The molecule has 0 saturated carbocycles. The van der Waals surface area contributed by atoms with E-state index < -0.39 is 0 Å². The highest BCUT2D eigenvalue weighted by Crippen LogP contribution is 2.30. The third kappa shape index (κ3) is 4.30. The van der Waals surface area contributed by atoms with Gasteiger partial charge in [-0.25, -0.2) is 4.98 Å². The van der Waals surface area contributed by atoms with Crippen molar-refractivity contribution in [2.45, 2.75) is 24.8 Å². The molecule has 3 aromatic carbocycles. The van der Waals surface area contributed by atoms with Gasteiger partial charge in [-0.05, 0) is 37.1 Å². The molecule has 0 spiro atoms. The molecule has 158 valence electrons. The Morgan fingerprint density at radius 2 is 1.65 bits per heavy atom. The first kappa shape index (κ1) is 21.0. The maximum absolute atomic E-state index is 13.5. The lowest BCUT2D eigenvalue weighted by molar-refractivity contribution is 0.394. The van der Waals surface area contributed by atoms with Gasteiger partial charge in [0.15, 0.2) is 5.16 Å². The molecular weight excluding hydrogens is 408 g/mol. The summed E-state index contributed by atoms with van der Waals surface area (Å²) in [4.78, 5) is 18.3. The van der Waals surface area contributed by atoms with Crippen LogP contribution in [0, 0.1) is 13.8 Å². The number of rotatable bonds is 6. The lowest BCUT2D eigenvalue weighted by Gasteiger charge is -2.16. The molecule has 0 aliphatic heterocycles. The molecule has 0 aliphatic carbocycles. The Morgan fingerprint density at radius 3 is 2.35 bits per heavy atom. The summed E-state index contributed by atoms with van der Waals surface area (Å²) in [6.45, 7) is 4.18. The minimum absolute atomic E-state index is 0.121. The van der Waals surface area contributed by atoms with E-state index in [0.29, 0.717) is 39.0 Å². The first-order chi connectivity index (χ1) is 15.0. The topological polar surface area (TPSA) is 53.4 Å². The van der Waals surface area contributed by atoms with Crippen LogP contribution in [0.15, 0.2) is 70.6 Å². The van der Waals surface area contributed by atoms with E-state index in [1.807, 2.05) is 30.3 Å². The summed E-state index contributed by atoms with van der Waals surface area (Å²) in [7, 11) is 3.19. The second kappa shape index (κ2) is 8.86. The summed E-state index contributed by atoms with van der Waals surface area (Å²) in [6, 6.07) is 19.3. The highest BCUT2D eigenvalue weighted by molar-refractivity contribution is 7.98. The van der Waals surface area contributed by atoms with Crippen LogP contribution < -0.4 is 15.0 Å². The lowest BCUT2D eigenvalue weighted by atomic mass is 10.1. The van der Waals surface area contributed by atoms with Crippen molar-refractivity contribution >= 4 is 22.7 Å². The van der Waals surface area contributed by atoms with Crippen LogP contribution in [0.1, 0.15) is 16.7 Å². The summed E-state index contributed by atoms with van der Waals surface area (Å²) in [5.74, 6) is 1.93. The molecule has 4 rings (SSSR count). The highest BCUT2D eigenvalue weighted by atomic mass is 32.2. The lowest BCUT2D eigenvalue weighted by Crippen LogP contribution is -2.22. The fraction of sp³-hybridized carbons (Fsp3) is 0.200. The van der Waals surface area contributed by atoms with Gasteiger partial charge in [-0.15, -0.1) is 0 Å². The molecule has 31 heavy (non-hydrogen) atoms. The third-order valence-corrected chi connectivity index (χ3v) is 6.19. The Bertz CT molecular complexity index is 1290. The summed E-state index contributed by atoms with van der Waals surface area (Å²) in [5.41, 5.74) is 4.87. The molecule has 0 bridgehead atoms. The molecule has 5 nitrogen and oxygen atoms in total. The van der Waals surface area contributed by atoms with Crippen LogP contribution in [-0.2, 0) is 5.75 Å². The predicted molar refractivity (Wildman–Crippen MR) is 126 cm³/mol. The predicted octanol–water partition coefficient (Wildman–Crippen LogP) is 5.31. The Kier molecular flexibility index (Phi) is 6.00. The molecule has 0 radical (unpaired) electrons. The molecule has 0 saturated heterocycles. The Morgan fingerprint density at radius 1 is 0.935 bits per heavy atom. The van der Waals surface area contributed by atoms with Gasteiger partial charge in [0.2, 0.25) is 0 Å². The normalized spacial score (nSPS) is 11.0. The van der Waals surface area contributed by atoms with E-state index in [2.05, 4.69) is 32.0 Å². The van der Waals surface area contributed by atoms with E-state index in [-0.39, 0.29) is 5.56 Å². The number of methoxy groups -OCH3 is 2. The van der Waals surface area contributed by atoms with Crippen molar-refractivity contribution in [3.63, 3.8) is 0 Å². The van der Waals surface area contributed by atoms with E-state index in [4.69, 9.17) is 14.5 Å². The van der Waals surface area contributed by atoms with Gasteiger partial charge in [0, 0.05) is 24.0 Å². The molecule has 1 aromatic heterocycles. The van der Waals surface area contributed by atoms with Gasteiger partial charge in [-0.1, -0.05) is 47.7 Å². The van der Waals surface area contributed by atoms with Gasteiger partial charge in [0.05, 0.1) is 30.8 Å². The summed E-state index contributed by atoms with van der Waals surface area (Å²) >= 11 is 1.54. The molecule has 0 atom stereocenters. The van der Waals surface area contributed by atoms with Crippen LogP contribution >= 0.6 is 11.8 Å². The molecule has 0 amide bonds. The van der Waals surface area contributed by atoms with Crippen LogP contribution in [0.2, 0.25) is 0 Å². The number of nitrogens with zero attached hydrogens (tertiary/aromatic N) is 2. The Balaban J connectivity index is 1.88. The summed E-state index contributed by atoms with van der Waals surface area (Å²) in [6.07, 6.45) is 0. The smallest absolute Gasteiger partial charge is 0.266 e. The fourth-order valence-electron chi connectivity index (χ4n) is 3.46. The molecule has 1 heterocycles. The average Bonchev–Trinajstić information content (AvgIpc) is 2.79. The van der Waals surface area contributed by atoms with Crippen LogP contribution in [0.3, 0.4) is 0 Å². The molecule has 0 fully saturated rings. The average molecular weight is 433 g/mol. The van der Waals surface area contributed by atoms with Crippen LogP contribution in [-0.4, -0.2) is 23.8 Å². The van der Waals surface area contributed by atoms with Gasteiger partial charge in [0.1, 0.15) is 11.5 Å². The minimum atomic E-state index is -0.121. The Labute approximate surface area is 185 Å². The van der Waals surface area contributed by atoms with Crippen molar-refractivity contribution in [1.29, 1.82) is 0 Å². The first-order valence-electron chi connectivity index (χ1n) is 9.94. The number of hydrogen-bond donors (Lipinski definition) is 0. The van der Waals surface area contributed by atoms with Gasteiger partial charge >= 0.3 is 0 Å².